The van der Waals surface area contributed by atoms with Crippen molar-refractivity contribution in [3.8, 4) is 34.7 Å². The van der Waals surface area contributed by atoms with Gasteiger partial charge in [0.2, 0.25) is 11.8 Å². The molecule has 2 heterocycles. The van der Waals surface area contributed by atoms with E-state index in [-0.39, 0.29) is 17.3 Å². The van der Waals surface area contributed by atoms with Crippen LogP contribution in [0, 0.1) is 17.1 Å². The maximum atomic E-state index is 14.7. The predicted octanol–water partition coefficient (Wildman–Crippen LogP) is 3.45. The maximum absolute atomic E-state index is 14.7. The van der Waals surface area contributed by atoms with Gasteiger partial charge in [-0.3, -0.25) is 5.10 Å². The Hall–Kier alpha value is -3.99. The van der Waals surface area contributed by atoms with Gasteiger partial charge < -0.3 is 19.9 Å². The largest absolute Gasteiger partial charge is 0.493 e. The molecule has 1 aromatic heterocycles. The van der Waals surface area contributed by atoms with E-state index in [1.807, 2.05) is 0 Å². The fourth-order valence-corrected chi connectivity index (χ4v) is 3.48. The summed E-state index contributed by atoms with van der Waals surface area (Å²) in [5, 5.41) is 16.8. The van der Waals surface area contributed by atoms with E-state index in [0.717, 1.165) is 0 Å². The number of fused-ring (bicyclic) bond motifs is 1. The van der Waals surface area contributed by atoms with Crippen LogP contribution in [0.25, 0.3) is 11.3 Å². The minimum atomic E-state index is -0.771. The normalized spacial score (nSPS) is 15.3. The van der Waals surface area contributed by atoms with Gasteiger partial charge in [-0.15, -0.1) is 5.10 Å². The minimum absolute atomic E-state index is 0.0985. The molecule has 0 saturated carbocycles. The minimum Gasteiger partial charge on any atom is -0.493 e. The van der Waals surface area contributed by atoms with Gasteiger partial charge in [0, 0.05) is 11.1 Å². The summed E-state index contributed by atoms with van der Waals surface area (Å²) in [6.45, 7) is 0. The Bertz CT molecular complexity index is 1160. The first-order valence-electron chi connectivity index (χ1n) is 8.71. The number of hydrogen-bond donors (Lipinski definition) is 2. The second kappa shape index (κ2) is 7.20. The molecule has 3 N–H and O–H groups in total. The lowest BCUT2D eigenvalue weighted by atomic mass is 9.82. The first kappa shape index (κ1) is 18.4. The van der Waals surface area contributed by atoms with Crippen molar-refractivity contribution in [3.05, 3.63) is 70.9 Å². The number of nitrogens with two attached hydrogens (primary N) is 1. The second-order valence-electron chi connectivity index (χ2n) is 6.33. The van der Waals surface area contributed by atoms with Crippen LogP contribution in [0.4, 0.5) is 4.39 Å². The molecular weight excluding hydrogens is 375 g/mol. The molecule has 1 aliphatic rings. The first-order chi connectivity index (χ1) is 14.1. The highest BCUT2D eigenvalue weighted by atomic mass is 19.1. The third-order valence-electron chi connectivity index (χ3n) is 4.83. The molecule has 0 spiro atoms. The van der Waals surface area contributed by atoms with Gasteiger partial charge in [0.15, 0.2) is 11.5 Å². The van der Waals surface area contributed by atoms with E-state index >= 15 is 0 Å². The van der Waals surface area contributed by atoms with E-state index in [9.17, 15) is 9.65 Å². The van der Waals surface area contributed by atoms with Gasteiger partial charge in [0.25, 0.3) is 0 Å². The van der Waals surface area contributed by atoms with Crippen molar-refractivity contribution in [3.63, 3.8) is 0 Å². The fourth-order valence-electron chi connectivity index (χ4n) is 3.48. The lowest BCUT2D eigenvalue weighted by Gasteiger charge is -2.24. The standard InChI is InChI=1S/C21H17FN4O3/c1-27-15-8-7-11(9-16(15)28-2)19-18-17(12-5-3-4-6-14(12)22)13(10-23)20(24)29-21(18)26-25-19/h3-9,17H,24H2,1-2H3,(H,25,26). The first-order valence-corrected chi connectivity index (χ1v) is 8.71. The summed E-state index contributed by atoms with van der Waals surface area (Å²) < 4.78 is 30.9. The van der Waals surface area contributed by atoms with Crippen LogP contribution in [-0.2, 0) is 0 Å². The molecule has 146 valence electrons. The number of halogens is 1. The summed E-state index contributed by atoms with van der Waals surface area (Å²) in [6.07, 6.45) is 0. The summed E-state index contributed by atoms with van der Waals surface area (Å²) in [5.74, 6) is -0.0493. The van der Waals surface area contributed by atoms with Crippen LogP contribution in [0.2, 0.25) is 0 Å². The van der Waals surface area contributed by atoms with Gasteiger partial charge in [-0.05, 0) is 24.3 Å². The Kier molecular flexibility index (Phi) is 4.56. The Morgan fingerprint density at radius 2 is 1.93 bits per heavy atom. The van der Waals surface area contributed by atoms with E-state index in [1.165, 1.54) is 13.2 Å². The summed E-state index contributed by atoms with van der Waals surface area (Å²) in [6, 6.07) is 13.6. The summed E-state index contributed by atoms with van der Waals surface area (Å²) in [4.78, 5) is 0. The number of nitriles is 1. The molecule has 0 amide bonds. The van der Waals surface area contributed by atoms with Gasteiger partial charge in [0.1, 0.15) is 17.5 Å². The van der Waals surface area contributed by atoms with Crippen LogP contribution in [0.15, 0.2) is 53.9 Å². The third kappa shape index (κ3) is 2.93. The number of allylic oxidation sites excluding steroid dienone is 1. The molecule has 29 heavy (non-hydrogen) atoms. The van der Waals surface area contributed by atoms with Crippen molar-refractivity contribution in [1.82, 2.24) is 10.2 Å². The molecule has 0 fully saturated rings. The zero-order chi connectivity index (χ0) is 20.5. The van der Waals surface area contributed by atoms with Gasteiger partial charge in [0.05, 0.1) is 31.4 Å². The number of benzene rings is 2. The quantitative estimate of drug-likeness (QED) is 0.704. The lowest BCUT2D eigenvalue weighted by Crippen LogP contribution is -2.21. The number of aromatic nitrogens is 2. The molecule has 8 heteroatoms. The highest BCUT2D eigenvalue weighted by Crippen LogP contribution is 2.47. The van der Waals surface area contributed by atoms with Crippen molar-refractivity contribution in [2.24, 2.45) is 5.73 Å². The molecular formula is C21H17FN4O3. The summed E-state index contributed by atoms with van der Waals surface area (Å²) in [7, 11) is 3.08. The van der Waals surface area contributed by atoms with E-state index in [1.54, 1.807) is 43.5 Å². The Labute approximate surface area is 166 Å². The second-order valence-corrected chi connectivity index (χ2v) is 6.33. The number of H-pyrrole nitrogens is 1. The molecule has 1 aliphatic heterocycles. The number of rotatable bonds is 4. The molecule has 3 aromatic rings. The van der Waals surface area contributed by atoms with Crippen LogP contribution < -0.4 is 19.9 Å². The van der Waals surface area contributed by atoms with Crippen LogP contribution >= 0.6 is 0 Å². The van der Waals surface area contributed by atoms with Gasteiger partial charge in [-0.1, -0.05) is 18.2 Å². The zero-order valence-electron chi connectivity index (χ0n) is 15.7. The van der Waals surface area contributed by atoms with Crippen LogP contribution in [0.3, 0.4) is 0 Å². The Balaban J connectivity index is 1.95. The molecule has 7 nitrogen and oxygen atoms in total. The number of ether oxygens (including phenoxy) is 3. The number of aromatic amines is 1. The van der Waals surface area contributed by atoms with Gasteiger partial charge in [-0.25, -0.2) is 4.39 Å². The topological polar surface area (TPSA) is 106 Å². The Morgan fingerprint density at radius 3 is 2.62 bits per heavy atom. The molecule has 1 unspecified atom stereocenters. The average molecular weight is 392 g/mol. The molecule has 0 saturated heterocycles. The predicted molar refractivity (Wildman–Crippen MR) is 103 cm³/mol. The smallest absolute Gasteiger partial charge is 0.244 e. The van der Waals surface area contributed by atoms with Crippen molar-refractivity contribution in [2.75, 3.05) is 14.2 Å². The van der Waals surface area contributed by atoms with Gasteiger partial charge in [-0.2, -0.15) is 5.26 Å². The maximum Gasteiger partial charge on any atom is 0.244 e. The Morgan fingerprint density at radius 1 is 1.17 bits per heavy atom. The molecule has 4 rings (SSSR count). The fraction of sp³-hybridized carbons (Fsp3) is 0.143. The number of nitrogens with one attached hydrogen (secondary N) is 1. The van der Waals surface area contributed by atoms with E-state index in [4.69, 9.17) is 19.9 Å². The highest BCUT2D eigenvalue weighted by Gasteiger charge is 2.37. The average Bonchev–Trinajstić information content (AvgIpc) is 3.16. The van der Waals surface area contributed by atoms with E-state index in [2.05, 4.69) is 16.3 Å². The van der Waals surface area contributed by atoms with Crippen molar-refractivity contribution in [1.29, 1.82) is 5.26 Å². The SMILES string of the molecule is COc1ccc(-c2[nH]nc3c2C(c2ccccc2F)C(C#N)=C(N)O3)cc1OC. The van der Waals surface area contributed by atoms with Crippen molar-refractivity contribution in [2.45, 2.75) is 5.92 Å². The van der Waals surface area contributed by atoms with E-state index in [0.29, 0.717) is 33.9 Å². The number of nitrogens with zero attached hydrogens (tertiary/aromatic N) is 2. The molecule has 0 aliphatic carbocycles. The molecule has 1 atom stereocenters. The lowest BCUT2D eigenvalue weighted by molar-refractivity contribution is 0.355. The highest BCUT2D eigenvalue weighted by molar-refractivity contribution is 5.73. The van der Waals surface area contributed by atoms with Gasteiger partial charge >= 0.3 is 0 Å². The molecule has 0 bridgehead atoms. The number of methoxy groups -OCH3 is 2. The number of hydrogen-bond acceptors (Lipinski definition) is 6. The monoisotopic (exact) mass is 392 g/mol. The van der Waals surface area contributed by atoms with Crippen molar-refractivity contribution < 1.29 is 18.6 Å². The van der Waals surface area contributed by atoms with Crippen LogP contribution in [-0.4, -0.2) is 24.4 Å². The summed E-state index contributed by atoms with van der Waals surface area (Å²) in [5.41, 5.74) is 8.15. The molecule has 2 aromatic carbocycles. The van der Waals surface area contributed by atoms with E-state index < -0.39 is 11.7 Å². The molecule has 0 radical (unpaired) electrons. The van der Waals surface area contributed by atoms with Crippen LogP contribution in [0.5, 0.6) is 17.4 Å². The zero-order valence-corrected chi connectivity index (χ0v) is 15.7. The van der Waals surface area contributed by atoms with Crippen LogP contribution in [0.1, 0.15) is 17.0 Å². The summed E-state index contributed by atoms with van der Waals surface area (Å²) >= 11 is 0. The van der Waals surface area contributed by atoms with Crippen molar-refractivity contribution >= 4 is 0 Å². The third-order valence-corrected chi connectivity index (χ3v) is 4.83.